The molecule has 2 aliphatic rings. The lowest BCUT2D eigenvalue weighted by atomic mass is 10.1. The van der Waals surface area contributed by atoms with Crippen molar-refractivity contribution in [2.75, 3.05) is 24.6 Å². The number of piperidine rings is 1. The zero-order valence-electron chi connectivity index (χ0n) is 9.26. The Morgan fingerprint density at radius 3 is 2.44 bits per heavy atom. The Morgan fingerprint density at radius 1 is 1.12 bits per heavy atom. The van der Waals surface area contributed by atoms with Crippen LogP contribution in [-0.4, -0.2) is 56.4 Å². The highest BCUT2D eigenvalue weighted by Crippen LogP contribution is 2.21. The van der Waals surface area contributed by atoms with Crippen molar-refractivity contribution in [1.29, 1.82) is 0 Å². The fraction of sp³-hybridized carbons (Fsp3) is 0.900. The molecule has 2 fully saturated rings. The van der Waals surface area contributed by atoms with Crippen LogP contribution in [0.15, 0.2) is 0 Å². The first-order chi connectivity index (χ1) is 7.62. The van der Waals surface area contributed by atoms with E-state index in [9.17, 15) is 13.2 Å². The van der Waals surface area contributed by atoms with Crippen LogP contribution in [0, 0.1) is 0 Å². The molecule has 0 spiro atoms. The third-order valence-electron chi connectivity index (χ3n) is 3.46. The van der Waals surface area contributed by atoms with Crippen LogP contribution in [0.4, 0.5) is 0 Å². The van der Waals surface area contributed by atoms with E-state index in [2.05, 4.69) is 10.2 Å². The number of hydrogen-bond acceptors (Lipinski definition) is 4. The van der Waals surface area contributed by atoms with Crippen molar-refractivity contribution in [3.63, 3.8) is 0 Å². The lowest BCUT2D eigenvalue weighted by Crippen LogP contribution is -2.50. The highest BCUT2D eigenvalue weighted by Gasteiger charge is 2.40. The van der Waals surface area contributed by atoms with Gasteiger partial charge in [-0.05, 0) is 25.9 Å². The van der Waals surface area contributed by atoms with Gasteiger partial charge in [-0.1, -0.05) is 6.42 Å². The minimum Gasteiger partial charge on any atom is -0.353 e. The Morgan fingerprint density at radius 2 is 1.81 bits per heavy atom. The molecule has 0 aromatic heterocycles. The average Bonchev–Trinajstić information content (AvgIpc) is 2.56. The zero-order valence-corrected chi connectivity index (χ0v) is 10.1. The molecule has 2 saturated heterocycles. The molecule has 6 heteroatoms. The standard InChI is InChI=1S/C10H18N2O3S/c13-8-11-9-6-16(14,15)7-10(9)12-4-2-1-3-5-12/h8-10H,1-7H2,(H,11,13)/t9-,10+/m0/s1. The van der Waals surface area contributed by atoms with Gasteiger partial charge in [0.2, 0.25) is 6.41 Å². The summed E-state index contributed by atoms with van der Waals surface area (Å²) in [5.41, 5.74) is 0. The molecule has 1 N–H and O–H groups in total. The maximum Gasteiger partial charge on any atom is 0.207 e. The van der Waals surface area contributed by atoms with E-state index in [1.807, 2.05) is 0 Å². The summed E-state index contributed by atoms with van der Waals surface area (Å²) in [6.45, 7) is 1.91. The topological polar surface area (TPSA) is 66.5 Å². The molecular formula is C10H18N2O3S. The van der Waals surface area contributed by atoms with E-state index in [0.717, 1.165) is 25.9 Å². The van der Waals surface area contributed by atoms with Gasteiger partial charge in [0.05, 0.1) is 17.5 Å². The lowest BCUT2D eigenvalue weighted by Gasteiger charge is -2.34. The highest BCUT2D eigenvalue weighted by molar-refractivity contribution is 7.91. The molecule has 0 bridgehead atoms. The molecule has 2 rings (SSSR count). The number of likely N-dealkylation sites (tertiary alicyclic amines) is 1. The summed E-state index contributed by atoms with van der Waals surface area (Å²) in [4.78, 5) is 12.7. The Balaban J connectivity index is 2.07. The van der Waals surface area contributed by atoms with Crippen LogP contribution in [0.2, 0.25) is 0 Å². The predicted molar refractivity (Wildman–Crippen MR) is 60.9 cm³/mol. The molecule has 2 atom stereocenters. The smallest absolute Gasteiger partial charge is 0.207 e. The van der Waals surface area contributed by atoms with Crippen LogP contribution < -0.4 is 5.32 Å². The van der Waals surface area contributed by atoms with E-state index in [0.29, 0.717) is 6.41 Å². The number of carbonyl (C=O) groups is 1. The molecule has 0 aromatic rings. The molecule has 2 heterocycles. The second kappa shape index (κ2) is 4.71. The third-order valence-corrected chi connectivity index (χ3v) is 5.18. The van der Waals surface area contributed by atoms with Gasteiger partial charge >= 0.3 is 0 Å². The maximum absolute atomic E-state index is 11.6. The second-order valence-electron chi connectivity index (χ2n) is 4.63. The largest absolute Gasteiger partial charge is 0.353 e. The minimum atomic E-state index is -2.98. The second-order valence-corrected chi connectivity index (χ2v) is 6.79. The monoisotopic (exact) mass is 246 g/mol. The van der Waals surface area contributed by atoms with Gasteiger partial charge in [0, 0.05) is 6.04 Å². The van der Waals surface area contributed by atoms with Crippen LogP contribution in [-0.2, 0) is 14.6 Å². The molecule has 0 saturated carbocycles. The number of rotatable bonds is 3. The molecule has 2 aliphatic heterocycles. The van der Waals surface area contributed by atoms with Gasteiger partial charge < -0.3 is 5.32 Å². The SMILES string of the molecule is O=CN[C@H]1CS(=O)(=O)C[C@H]1N1CCCCC1. The molecule has 0 aromatic carbocycles. The third kappa shape index (κ3) is 2.55. The number of carbonyl (C=O) groups excluding carboxylic acids is 1. The number of amides is 1. The zero-order chi connectivity index (χ0) is 11.6. The first kappa shape index (κ1) is 11.9. The summed E-state index contributed by atoms with van der Waals surface area (Å²) < 4.78 is 23.2. The number of hydrogen-bond donors (Lipinski definition) is 1. The van der Waals surface area contributed by atoms with Crippen LogP contribution in [0.1, 0.15) is 19.3 Å². The normalized spacial score (nSPS) is 34.8. The molecular weight excluding hydrogens is 228 g/mol. The lowest BCUT2D eigenvalue weighted by molar-refractivity contribution is -0.110. The molecule has 1 amide bonds. The van der Waals surface area contributed by atoms with Crippen LogP contribution >= 0.6 is 0 Å². The van der Waals surface area contributed by atoms with Gasteiger partial charge in [-0.25, -0.2) is 8.42 Å². The minimum absolute atomic E-state index is 0.0181. The molecule has 5 nitrogen and oxygen atoms in total. The van der Waals surface area contributed by atoms with Gasteiger partial charge in [-0.2, -0.15) is 0 Å². The van der Waals surface area contributed by atoms with Crippen molar-refractivity contribution in [2.45, 2.75) is 31.3 Å². The van der Waals surface area contributed by atoms with Gasteiger partial charge in [-0.3, -0.25) is 9.69 Å². The fourth-order valence-corrected chi connectivity index (χ4v) is 4.65. The van der Waals surface area contributed by atoms with E-state index < -0.39 is 9.84 Å². The summed E-state index contributed by atoms with van der Waals surface area (Å²) in [5, 5.41) is 2.65. The van der Waals surface area contributed by atoms with E-state index in [1.54, 1.807) is 0 Å². The molecule has 0 aliphatic carbocycles. The Bertz CT molecular complexity index is 349. The summed E-state index contributed by atoms with van der Waals surface area (Å²) in [6, 6.07) is -0.240. The first-order valence-corrected chi connectivity index (χ1v) is 7.59. The number of nitrogens with zero attached hydrogens (tertiary/aromatic N) is 1. The molecule has 0 unspecified atom stereocenters. The summed E-state index contributed by atoms with van der Waals surface area (Å²) in [6.07, 6.45) is 4.10. The van der Waals surface area contributed by atoms with Crippen molar-refractivity contribution < 1.29 is 13.2 Å². The van der Waals surface area contributed by atoms with Crippen molar-refractivity contribution in [2.24, 2.45) is 0 Å². The van der Waals surface area contributed by atoms with Gasteiger partial charge in [0.25, 0.3) is 0 Å². The number of sulfone groups is 1. The van der Waals surface area contributed by atoms with E-state index >= 15 is 0 Å². The van der Waals surface area contributed by atoms with Crippen molar-refractivity contribution in [3.05, 3.63) is 0 Å². The van der Waals surface area contributed by atoms with Crippen molar-refractivity contribution in [3.8, 4) is 0 Å². The van der Waals surface area contributed by atoms with Crippen LogP contribution in [0.5, 0.6) is 0 Å². The first-order valence-electron chi connectivity index (χ1n) is 5.76. The Hall–Kier alpha value is -0.620. The predicted octanol–water partition coefficient (Wildman–Crippen LogP) is -0.616. The van der Waals surface area contributed by atoms with Crippen molar-refractivity contribution >= 4 is 16.2 Å². The van der Waals surface area contributed by atoms with Gasteiger partial charge in [0.1, 0.15) is 0 Å². The van der Waals surface area contributed by atoms with Gasteiger partial charge in [-0.15, -0.1) is 0 Å². The molecule has 16 heavy (non-hydrogen) atoms. The number of nitrogens with one attached hydrogen (secondary N) is 1. The van der Waals surface area contributed by atoms with E-state index in [4.69, 9.17) is 0 Å². The molecule has 92 valence electrons. The summed E-state index contributed by atoms with van der Waals surface area (Å²) in [7, 11) is -2.98. The van der Waals surface area contributed by atoms with Gasteiger partial charge in [0.15, 0.2) is 9.84 Å². The summed E-state index contributed by atoms with van der Waals surface area (Å²) in [5.74, 6) is 0.283. The Labute approximate surface area is 96.1 Å². The van der Waals surface area contributed by atoms with Crippen molar-refractivity contribution in [1.82, 2.24) is 10.2 Å². The van der Waals surface area contributed by atoms with Crippen LogP contribution in [0.3, 0.4) is 0 Å². The van der Waals surface area contributed by atoms with E-state index in [1.165, 1.54) is 6.42 Å². The average molecular weight is 246 g/mol. The maximum atomic E-state index is 11.6. The summed E-state index contributed by atoms with van der Waals surface area (Å²) >= 11 is 0. The molecule has 0 radical (unpaired) electrons. The Kier molecular flexibility index (Phi) is 3.49. The highest BCUT2D eigenvalue weighted by atomic mass is 32.2. The fourth-order valence-electron chi connectivity index (χ4n) is 2.69. The van der Waals surface area contributed by atoms with E-state index in [-0.39, 0.29) is 23.6 Å². The quantitative estimate of drug-likeness (QED) is 0.674. The van der Waals surface area contributed by atoms with Crippen LogP contribution in [0.25, 0.3) is 0 Å².